The van der Waals surface area contributed by atoms with Gasteiger partial charge in [-0.1, -0.05) is 37.3 Å². The molecular weight excluding hydrogens is 276 g/mol. The fourth-order valence-corrected chi connectivity index (χ4v) is 2.19. The highest BCUT2D eigenvalue weighted by Crippen LogP contribution is 2.20. The van der Waals surface area contributed by atoms with Crippen LogP contribution in [-0.4, -0.2) is 24.6 Å². The number of hydrogen-bond acceptors (Lipinski definition) is 3. The molecule has 1 atom stereocenters. The van der Waals surface area contributed by atoms with E-state index < -0.39 is 6.10 Å². The number of carbonyl (C=O) groups is 1. The molecule has 0 aromatic heterocycles. The average molecular weight is 298 g/mol. The highest BCUT2D eigenvalue weighted by Gasteiger charge is 2.11. The quantitative estimate of drug-likeness (QED) is 0.861. The molecule has 2 aromatic rings. The fourth-order valence-electron chi connectivity index (χ4n) is 2.19. The first-order chi connectivity index (χ1) is 10.6. The molecule has 0 aliphatic heterocycles. The molecule has 0 saturated heterocycles. The number of carbonyl (C=O) groups excluding carboxylic acids is 1. The Hall–Kier alpha value is -2.33. The second kappa shape index (κ2) is 7.61. The maximum absolute atomic E-state index is 11.3. The molecular formula is C18H22N2O2. The first-order valence-electron chi connectivity index (χ1n) is 7.44. The van der Waals surface area contributed by atoms with E-state index >= 15 is 0 Å². The molecule has 0 aliphatic rings. The number of rotatable bonds is 6. The Balaban J connectivity index is 1.97. The maximum Gasteiger partial charge on any atom is 0.224 e. The minimum atomic E-state index is -0.582. The minimum absolute atomic E-state index is 0.0166. The van der Waals surface area contributed by atoms with Gasteiger partial charge >= 0.3 is 0 Å². The summed E-state index contributed by atoms with van der Waals surface area (Å²) >= 11 is 0. The number of aliphatic hydroxyl groups is 1. The van der Waals surface area contributed by atoms with Gasteiger partial charge in [-0.3, -0.25) is 4.79 Å². The number of nitrogens with zero attached hydrogens (tertiary/aromatic N) is 1. The second-order valence-corrected chi connectivity index (χ2v) is 5.26. The van der Waals surface area contributed by atoms with Crippen molar-refractivity contribution in [3.8, 4) is 0 Å². The van der Waals surface area contributed by atoms with Gasteiger partial charge < -0.3 is 15.3 Å². The Morgan fingerprint density at radius 2 is 1.77 bits per heavy atom. The van der Waals surface area contributed by atoms with Crippen molar-refractivity contribution in [2.24, 2.45) is 0 Å². The summed E-state index contributed by atoms with van der Waals surface area (Å²) in [5.41, 5.74) is 2.64. The summed E-state index contributed by atoms with van der Waals surface area (Å²) in [7, 11) is 1.95. The minimum Gasteiger partial charge on any atom is -0.387 e. The normalized spacial score (nSPS) is 11.8. The maximum atomic E-state index is 11.3. The summed E-state index contributed by atoms with van der Waals surface area (Å²) in [5.74, 6) is -0.0166. The van der Waals surface area contributed by atoms with Crippen molar-refractivity contribution in [2.75, 3.05) is 23.8 Å². The van der Waals surface area contributed by atoms with Crippen LogP contribution in [0.4, 0.5) is 11.4 Å². The molecule has 2 aromatic carbocycles. The van der Waals surface area contributed by atoms with Crippen LogP contribution < -0.4 is 10.2 Å². The Bertz CT molecular complexity index is 596. The third-order valence-electron chi connectivity index (χ3n) is 3.54. The zero-order chi connectivity index (χ0) is 15.9. The molecule has 0 bridgehead atoms. The van der Waals surface area contributed by atoms with Crippen molar-refractivity contribution in [3.05, 3.63) is 60.2 Å². The number of nitrogens with one attached hydrogen (secondary N) is 1. The van der Waals surface area contributed by atoms with Gasteiger partial charge in [0.05, 0.1) is 6.10 Å². The molecule has 22 heavy (non-hydrogen) atoms. The molecule has 1 amide bonds. The molecule has 0 spiro atoms. The average Bonchev–Trinajstić information content (AvgIpc) is 2.56. The van der Waals surface area contributed by atoms with Gasteiger partial charge in [-0.2, -0.15) is 0 Å². The van der Waals surface area contributed by atoms with Crippen LogP contribution in [0.2, 0.25) is 0 Å². The number of hydrogen-bond donors (Lipinski definition) is 2. The topological polar surface area (TPSA) is 52.6 Å². The largest absolute Gasteiger partial charge is 0.387 e. The van der Waals surface area contributed by atoms with E-state index in [2.05, 4.69) is 5.32 Å². The second-order valence-electron chi connectivity index (χ2n) is 5.26. The molecule has 0 radical (unpaired) electrons. The molecule has 0 saturated carbocycles. The smallest absolute Gasteiger partial charge is 0.224 e. The summed E-state index contributed by atoms with van der Waals surface area (Å²) < 4.78 is 0. The van der Waals surface area contributed by atoms with E-state index in [4.69, 9.17) is 0 Å². The van der Waals surface area contributed by atoms with Gasteiger partial charge in [-0.05, 0) is 29.8 Å². The molecule has 2 N–H and O–H groups in total. The van der Waals surface area contributed by atoms with Crippen LogP contribution >= 0.6 is 0 Å². The molecule has 0 aliphatic carbocycles. The van der Waals surface area contributed by atoms with Gasteiger partial charge in [0, 0.05) is 31.4 Å². The van der Waals surface area contributed by atoms with Gasteiger partial charge in [0.1, 0.15) is 0 Å². The van der Waals surface area contributed by atoms with E-state index in [-0.39, 0.29) is 5.91 Å². The van der Waals surface area contributed by atoms with Gasteiger partial charge in [-0.25, -0.2) is 0 Å². The number of para-hydroxylation sites is 1. The Kier molecular flexibility index (Phi) is 5.55. The van der Waals surface area contributed by atoms with E-state index in [0.717, 1.165) is 16.9 Å². The molecule has 4 heteroatoms. The summed E-state index contributed by atoms with van der Waals surface area (Å²) in [6.45, 7) is 2.32. The number of benzene rings is 2. The van der Waals surface area contributed by atoms with E-state index in [9.17, 15) is 9.90 Å². The van der Waals surface area contributed by atoms with Crippen LogP contribution in [0.15, 0.2) is 54.6 Å². The summed E-state index contributed by atoms with van der Waals surface area (Å²) in [6.07, 6.45) is -0.132. The van der Waals surface area contributed by atoms with Crippen molar-refractivity contribution in [1.82, 2.24) is 0 Å². The van der Waals surface area contributed by atoms with Crippen molar-refractivity contribution in [3.63, 3.8) is 0 Å². The number of aliphatic hydroxyl groups excluding tert-OH is 1. The van der Waals surface area contributed by atoms with Crippen molar-refractivity contribution in [2.45, 2.75) is 19.4 Å². The Labute approximate surface area is 131 Å². The molecule has 1 unspecified atom stereocenters. The summed E-state index contributed by atoms with van der Waals surface area (Å²) in [4.78, 5) is 13.3. The molecule has 2 rings (SSSR count). The summed E-state index contributed by atoms with van der Waals surface area (Å²) in [6, 6.07) is 17.3. The predicted molar refractivity (Wildman–Crippen MR) is 90.0 cm³/mol. The molecule has 0 heterocycles. The lowest BCUT2D eigenvalue weighted by atomic mass is 10.1. The molecule has 0 fully saturated rings. The standard InChI is InChI=1S/C18H22N2O2/c1-3-18(22)19-15-11-9-14(10-12-15)17(21)13-20(2)16-7-5-4-6-8-16/h4-12,17,21H,3,13H2,1-2H3,(H,19,22). The zero-order valence-corrected chi connectivity index (χ0v) is 13.0. The van der Waals surface area contributed by atoms with Gasteiger partial charge in [0.15, 0.2) is 0 Å². The highest BCUT2D eigenvalue weighted by atomic mass is 16.3. The third-order valence-corrected chi connectivity index (χ3v) is 3.54. The van der Waals surface area contributed by atoms with Gasteiger partial charge in [0.2, 0.25) is 5.91 Å². The number of likely N-dealkylation sites (N-methyl/N-ethyl adjacent to an activating group) is 1. The first kappa shape index (κ1) is 16.0. The van der Waals surface area contributed by atoms with Crippen LogP contribution in [0, 0.1) is 0 Å². The van der Waals surface area contributed by atoms with Gasteiger partial charge in [-0.15, -0.1) is 0 Å². The zero-order valence-electron chi connectivity index (χ0n) is 13.0. The van der Waals surface area contributed by atoms with Crippen molar-refractivity contribution < 1.29 is 9.90 Å². The van der Waals surface area contributed by atoms with Crippen molar-refractivity contribution >= 4 is 17.3 Å². The predicted octanol–water partition coefficient (Wildman–Crippen LogP) is 3.20. The molecule has 4 nitrogen and oxygen atoms in total. The Morgan fingerprint density at radius 3 is 2.36 bits per heavy atom. The SMILES string of the molecule is CCC(=O)Nc1ccc(C(O)CN(C)c2ccccc2)cc1. The monoisotopic (exact) mass is 298 g/mol. The van der Waals surface area contributed by atoms with E-state index in [1.54, 1.807) is 0 Å². The lowest BCUT2D eigenvalue weighted by molar-refractivity contribution is -0.115. The number of amides is 1. The Morgan fingerprint density at radius 1 is 1.14 bits per heavy atom. The first-order valence-corrected chi connectivity index (χ1v) is 7.44. The van der Waals surface area contributed by atoms with E-state index in [0.29, 0.717) is 13.0 Å². The fraction of sp³-hybridized carbons (Fsp3) is 0.278. The lowest BCUT2D eigenvalue weighted by Crippen LogP contribution is -2.24. The lowest BCUT2D eigenvalue weighted by Gasteiger charge is -2.23. The van der Waals surface area contributed by atoms with Crippen LogP contribution in [0.3, 0.4) is 0 Å². The van der Waals surface area contributed by atoms with Crippen LogP contribution in [0.25, 0.3) is 0 Å². The van der Waals surface area contributed by atoms with Crippen LogP contribution in [-0.2, 0) is 4.79 Å². The van der Waals surface area contributed by atoms with Gasteiger partial charge in [0.25, 0.3) is 0 Å². The van der Waals surface area contributed by atoms with Crippen LogP contribution in [0.5, 0.6) is 0 Å². The van der Waals surface area contributed by atoms with Crippen LogP contribution in [0.1, 0.15) is 25.0 Å². The van der Waals surface area contributed by atoms with E-state index in [1.165, 1.54) is 0 Å². The van der Waals surface area contributed by atoms with Crippen molar-refractivity contribution in [1.29, 1.82) is 0 Å². The third kappa shape index (κ3) is 4.33. The molecule has 116 valence electrons. The van der Waals surface area contributed by atoms with E-state index in [1.807, 2.05) is 73.5 Å². The highest BCUT2D eigenvalue weighted by molar-refractivity contribution is 5.90. The summed E-state index contributed by atoms with van der Waals surface area (Å²) in [5, 5.41) is 13.1. The number of anilines is 2.